The lowest BCUT2D eigenvalue weighted by molar-refractivity contribution is -0.141. The van der Waals surface area contributed by atoms with Crippen molar-refractivity contribution in [3.8, 4) is 11.5 Å². The lowest BCUT2D eigenvalue weighted by Gasteiger charge is -2.32. The molecular formula is C30H33BrN2O4. The van der Waals surface area contributed by atoms with Crippen LogP contribution in [0.3, 0.4) is 0 Å². The summed E-state index contributed by atoms with van der Waals surface area (Å²) in [5, 5.41) is 3.07. The predicted molar refractivity (Wildman–Crippen MR) is 147 cm³/mol. The van der Waals surface area contributed by atoms with Crippen molar-refractivity contribution in [3.05, 3.63) is 94.0 Å². The van der Waals surface area contributed by atoms with Crippen LogP contribution in [-0.4, -0.2) is 36.1 Å². The Hall–Kier alpha value is -3.32. The number of fused-ring (bicyclic) bond motifs is 1. The normalized spacial score (nSPS) is 12.7. The predicted octanol–water partition coefficient (Wildman–Crippen LogP) is 5.67. The van der Waals surface area contributed by atoms with Crippen LogP contribution in [-0.2, 0) is 29.0 Å². The third-order valence-electron chi connectivity index (χ3n) is 6.41. The van der Waals surface area contributed by atoms with Gasteiger partial charge in [0.1, 0.15) is 6.04 Å². The van der Waals surface area contributed by atoms with Gasteiger partial charge in [0, 0.05) is 30.4 Å². The summed E-state index contributed by atoms with van der Waals surface area (Å²) in [6, 6.07) is 22.9. The molecule has 7 heteroatoms. The van der Waals surface area contributed by atoms with E-state index in [1.807, 2.05) is 72.8 Å². The maximum absolute atomic E-state index is 13.8. The molecule has 6 nitrogen and oxygen atoms in total. The van der Waals surface area contributed by atoms with Crippen LogP contribution in [0.2, 0.25) is 0 Å². The monoisotopic (exact) mass is 564 g/mol. The molecule has 1 aliphatic rings. The second-order valence-electron chi connectivity index (χ2n) is 9.19. The summed E-state index contributed by atoms with van der Waals surface area (Å²) < 4.78 is 11.8. The lowest BCUT2D eigenvalue weighted by Crippen LogP contribution is -2.50. The van der Waals surface area contributed by atoms with Crippen molar-refractivity contribution in [3.63, 3.8) is 0 Å². The van der Waals surface area contributed by atoms with Gasteiger partial charge in [-0.2, -0.15) is 0 Å². The van der Waals surface area contributed by atoms with E-state index in [4.69, 9.17) is 9.47 Å². The molecule has 0 aromatic heterocycles. The zero-order valence-corrected chi connectivity index (χ0v) is 22.7. The molecule has 37 heavy (non-hydrogen) atoms. The Morgan fingerprint density at radius 1 is 0.946 bits per heavy atom. The highest BCUT2D eigenvalue weighted by Crippen LogP contribution is 2.33. The molecule has 0 aliphatic carbocycles. The summed E-state index contributed by atoms with van der Waals surface area (Å²) in [6.07, 6.45) is 3.15. The van der Waals surface area contributed by atoms with E-state index in [9.17, 15) is 9.59 Å². The van der Waals surface area contributed by atoms with Crippen molar-refractivity contribution < 1.29 is 19.1 Å². The van der Waals surface area contributed by atoms with Gasteiger partial charge in [0.05, 0.1) is 0 Å². The molecule has 0 spiro atoms. The van der Waals surface area contributed by atoms with E-state index in [-0.39, 0.29) is 25.0 Å². The molecule has 3 aromatic rings. The van der Waals surface area contributed by atoms with Gasteiger partial charge in [-0.3, -0.25) is 9.59 Å². The number of rotatable bonds is 12. The maximum Gasteiger partial charge on any atom is 0.243 e. The highest BCUT2D eigenvalue weighted by molar-refractivity contribution is 9.10. The van der Waals surface area contributed by atoms with Crippen molar-refractivity contribution in [2.24, 2.45) is 0 Å². The zero-order chi connectivity index (χ0) is 26.0. The third-order valence-corrected chi connectivity index (χ3v) is 6.90. The Morgan fingerprint density at radius 3 is 2.51 bits per heavy atom. The molecule has 194 valence electrons. The Bertz CT molecular complexity index is 1200. The maximum atomic E-state index is 13.8. The first kappa shape index (κ1) is 26.7. The molecule has 0 radical (unpaired) electrons. The number of benzene rings is 3. The van der Waals surface area contributed by atoms with Crippen molar-refractivity contribution in [2.45, 2.75) is 51.6 Å². The minimum absolute atomic E-state index is 0.0655. The number of carbonyl (C=O) groups excluding carboxylic acids is 2. The number of hydrogen-bond donors (Lipinski definition) is 1. The van der Waals surface area contributed by atoms with Crippen molar-refractivity contribution >= 4 is 27.7 Å². The van der Waals surface area contributed by atoms with Gasteiger partial charge in [0.25, 0.3) is 0 Å². The topological polar surface area (TPSA) is 67.9 Å². The number of aryl methyl sites for hydroxylation is 1. The molecule has 0 saturated carbocycles. The van der Waals surface area contributed by atoms with E-state index in [2.05, 4.69) is 28.2 Å². The van der Waals surface area contributed by atoms with Crippen LogP contribution >= 0.6 is 15.9 Å². The third kappa shape index (κ3) is 7.59. The molecule has 0 saturated heterocycles. The van der Waals surface area contributed by atoms with E-state index < -0.39 is 6.04 Å². The summed E-state index contributed by atoms with van der Waals surface area (Å²) in [4.78, 5) is 29.0. The first-order valence-electron chi connectivity index (χ1n) is 12.8. The highest BCUT2D eigenvalue weighted by atomic mass is 79.9. The van der Waals surface area contributed by atoms with Crippen LogP contribution in [0.1, 0.15) is 42.9 Å². The summed E-state index contributed by atoms with van der Waals surface area (Å²) in [5.74, 6) is 1.24. The van der Waals surface area contributed by atoms with E-state index >= 15 is 0 Å². The van der Waals surface area contributed by atoms with E-state index in [0.717, 1.165) is 39.8 Å². The van der Waals surface area contributed by atoms with E-state index in [1.165, 1.54) is 0 Å². The average Bonchev–Trinajstić information content (AvgIpc) is 3.38. The van der Waals surface area contributed by atoms with E-state index in [0.29, 0.717) is 31.7 Å². The Balaban J connectivity index is 1.58. The minimum Gasteiger partial charge on any atom is -0.454 e. The standard InChI is InChI=1S/C30H33BrN2O4/c1-2-3-16-32-30(35)26(18-22-8-5-4-6-9-22)33(20-24-10-7-11-25(31)17-24)29(34)15-13-23-12-14-27-28(19-23)37-21-36-27/h4-12,14,17,19,26H,2-3,13,15-16,18,20-21H2,1H3,(H,32,35)/t26-/m0/s1. The molecule has 1 N–H and O–H groups in total. The molecule has 1 aliphatic heterocycles. The second-order valence-corrected chi connectivity index (χ2v) is 10.1. The van der Waals surface area contributed by atoms with Crippen molar-refractivity contribution in [1.29, 1.82) is 0 Å². The van der Waals surface area contributed by atoms with Gasteiger partial charge in [0.15, 0.2) is 11.5 Å². The number of hydrogen-bond acceptors (Lipinski definition) is 4. The zero-order valence-electron chi connectivity index (χ0n) is 21.1. The summed E-state index contributed by atoms with van der Waals surface area (Å²) >= 11 is 3.53. The summed E-state index contributed by atoms with van der Waals surface area (Å²) in [5.41, 5.74) is 2.97. The van der Waals surface area contributed by atoms with Crippen LogP contribution < -0.4 is 14.8 Å². The Labute approximate surface area is 227 Å². The number of halogens is 1. The number of amides is 2. The van der Waals surface area contributed by atoms with Crippen LogP contribution in [0.15, 0.2) is 77.3 Å². The van der Waals surface area contributed by atoms with Gasteiger partial charge in [-0.25, -0.2) is 0 Å². The van der Waals surface area contributed by atoms with Gasteiger partial charge < -0.3 is 19.7 Å². The summed E-state index contributed by atoms with van der Waals surface area (Å²) in [7, 11) is 0. The molecular weight excluding hydrogens is 532 g/mol. The molecule has 1 heterocycles. The fourth-order valence-electron chi connectivity index (χ4n) is 4.38. The van der Waals surface area contributed by atoms with Gasteiger partial charge in [-0.05, 0) is 53.8 Å². The quantitative estimate of drug-likeness (QED) is 0.288. The molecule has 1 atom stereocenters. The molecule has 0 bridgehead atoms. The van der Waals surface area contributed by atoms with Gasteiger partial charge in [-0.1, -0.05) is 77.8 Å². The smallest absolute Gasteiger partial charge is 0.243 e. The number of ether oxygens (including phenoxy) is 2. The van der Waals surface area contributed by atoms with Gasteiger partial charge >= 0.3 is 0 Å². The minimum atomic E-state index is -0.623. The molecule has 0 unspecified atom stereocenters. The SMILES string of the molecule is CCCCNC(=O)[C@H](Cc1ccccc1)N(Cc1cccc(Br)c1)C(=O)CCc1ccc2c(c1)OCO2. The lowest BCUT2D eigenvalue weighted by atomic mass is 10.0. The molecule has 4 rings (SSSR count). The largest absolute Gasteiger partial charge is 0.454 e. The van der Waals surface area contributed by atoms with Gasteiger partial charge in [0.2, 0.25) is 18.6 Å². The van der Waals surface area contributed by atoms with E-state index in [1.54, 1.807) is 4.90 Å². The van der Waals surface area contributed by atoms with Crippen LogP contribution in [0.5, 0.6) is 11.5 Å². The number of carbonyl (C=O) groups is 2. The first-order chi connectivity index (χ1) is 18.0. The van der Waals surface area contributed by atoms with Crippen molar-refractivity contribution in [2.75, 3.05) is 13.3 Å². The Kier molecular flexibility index (Phi) is 9.60. The Morgan fingerprint density at radius 2 is 1.73 bits per heavy atom. The number of unbranched alkanes of at least 4 members (excludes halogenated alkanes) is 1. The molecule has 0 fully saturated rings. The van der Waals surface area contributed by atoms with Crippen LogP contribution in [0.4, 0.5) is 0 Å². The van der Waals surface area contributed by atoms with Crippen LogP contribution in [0.25, 0.3) is 0 Å². The number of nitrogens with one attached hydrogen (secondary N) is 1. The van der Waals surface area contributed by atoms with Crippen molar-refractivity contribution in [1.82, 2.24) is 10.2 Å². The molecule has 2 amide bonds. The van der Waals surface area contributed by atoms with Crippen LogP contribution in [0, 0.1) is 0 Å². The summed E-state index contributed by atoms with van der Waals surface area (Å²) in [6.45, 7) is 3.24. The first-order valence-corrected chi connectivity index (χ1v) is 13.6. The fourth-order valence-corrected chi connectivity index (χ4v) is 4.83. The highest BCUT2D eigenvalue weighted by Gasteiger charge is 2.30. The molecule has 3 aromatic carbocycles. The van der Waals surface area contributed by atoms with Gasteiger partial charge in [-0.15, -0.1) is 0 Å². The second kappa shape index (κ2) is 13.3. The average molecular weight is 566 g/mol. The fraction of sp³-hybridized carbons (Fsp3) is 0.333. The number of nitrogens with zero attached hydrogens (tertiary/aromatic N) is 1.